The summed E-state index contributed by atoms with van der Waals surface area (Å²) in [5.41, 5.74) is 1.98. The molecule has 0 aliphatic carbocycles. The lowest BCUT2D eigenvalue weighted by Crippen LogP contribution is -2.12. The van der Waals surface area contributed by atoms with Crippen LogP contribution in [0.1, 0.15) is 24.5 Å². The van der Waals surface area contributed by atoms with Crippen LogP contribution in [0.3, 0.4) is 0 Å². The number of hydrogen-bond acceptors (Lipinski definition) is 8. The first-order chi connectivity index (χ1) is 16.6. The number of nitrogens with zero attached hydrogens (tertiary/aromatic N) is 4. The molecular formula is C24H21ClN4O3S2. The molecule has 0 saturated carbocycles. The molecule has 5 rings (SSSR count). The van der Waals surface area contributed by atoms with Gasteiger partial charge in [-0.05, 0) is 37.3 Å². The predicted octanol–water partition coefficient (Wildman–Crippen LogP) is 6.40. The van der Waals surface area contributed by atoms with Crippen molar-refractivity contribution >= 4 is 34.7 Å². The van der Waals surface area contributed by atoms with Crippen molar-refractivity contribution in [2.75, 3.05) is 6.79 Å². The minimum Gasteiger partial charge on any atom is -0.481 e. The molecule has 1 atom stereocenters. The molecule has 0 spiro atoms. The highest BCUT2D eigenvalue weighted by Gasteiger charge is 2.20. The van der Waals surface area contributed by atoms with E-state index >= 15 is 0 Å². The number of rotatable bonds is 9. The van der Waals surface area contributed by atoms with E-state index in [0.29, 0.717) is 28.9 Å². The lowest BCUT2D eigenvalue weighted by molar-refractivity contribution is 0.174. The molecule has 7 nitrogen and oxygen atoms in total. The van der Waals surface area contributed by atoms with Crippen molar-refractivity contribution in [3.63, 3.8) is 0 Å². The van der Waals surface area contributed by atoms with Gasteiger partial charge in [0.2, 0.25) is 6.79 Å². The second-order valence-corrected chi connectivity index (χ2v) is 9.64. The van der Waals surface area contributed by atoms with E-state index < -0.39 is 0 Å². The van der Waals surface area contributed by atoms with Gasteiger partial charge in [0.15, 0.2) is 28.6 Å². The van der Waals surface area contributed by atoms with Crippen LogP contribution in [-0.2, 0) is 12.3 Å². The summed E-state index contributed by atoms with van der Waals surface area (Å²) < 4.78 is 18.9. The Kier molecular flexibility index (Phi) is 6.75. The Hall–Kier alpha value is -3.01. The molecular weight excluding hydrogens is 492 g/mol. The molecule has 2 aromatic heterocycles. The first-order valence-electron chi connectivity index (χ1n) is 10.5. The number of hydrogen-bond donors (Lipinski definition) is 0. The van der Waals surface area contributed by atoms with Crippen LogP contribution in [0.15, 0.2) is 65.7 Å². The van der Waals surface area contributed by atoms with Gasteiger partial charge in [-0.2, -0.15) is 0 Å². The van der Waals surface area contributed by atoms with Gasteiger partial charge in [0, 0.05) is 23.2 Å². The molecule has 3 heterocycles. The molecule has 0 bridgehead atoms. The van der Waals surface area contributed by atoms with E-state index in [4.69, 9.17) is 30.8 Å². The number of aromatic nitrogens is 4. The average molecular weight is 513 g/mol. The fourth-order valence-electron chi connectivity index (χ4n) is 3.47. The van der Waals surface area contributed by atoms with Crippen molar-refractivity contribution < 1.29 is 14.2 Å². The van der Waals surface area contributed by atoms with Crippen molar-refractivity contribution in [3.05, 3.63) is 77.0 Å². The molecule has 0 radical (unpaired) electrons. The molecule has 0 fully saturated rings. The zero-order valence-corrected chi connectivity index (χ0v) is 20.7. The average Bonchev–Trinajstić information content (AvgIpc) is 3.59. The van der Waals surface area contributed by atoms with Crippen molar-refractivity contribution in [1.29, 1.82) is 0 Å². The van der Waals surface area contributed by atoms with Gasteiger partial charge in [-0.3, -0.25) is 4.57 Å². The Balaban J connectivity index is 1.29. The second-order valence-electron chi connectivity index (χ2n) is 7.43. The summed E-state index contributed by atoms with van der Waals surface area (Å²) in [6, 6.07) is 13.3. The first-order valence-corrected chi connectivity index (χ1v) is 12.8. The van der Waals surface area contributed by atoms with Crippen molar-refractivity contribution in [1.82, 2.24) is 19.7 Å². The Morgan fingerprint density at radius 3 is 2.94 bits per heavy atom. The van der Waals surface area contributed by atoms with Gasteiger partial charge in [0.05, 0.1) is 10.7 Å². The molecule has 4 aromatic rings. The maximum atomic E-state index is 6.25. The predicted molar refractivity (Wildman–Crippen MR) is 134 cm³/mol. The fraction of sp³-hybridized carbons (Fsp3) is 0.208. The summed E-state index contributed by atoms with van der Waals surface area (Å²) in [5, 5.41) is 13.1. The summed E-state index contributed by atoms with van der Waals surface area (Å²) in [4.78, 5) is 4.79. The van der Waals surface area contributed by atoms with Gasteiger partial charge in [-0.1, -0.05) is 41.6 Å². The molecule has 0 unspecified atom stereocenters. The lowest BCUT2D eigenvalue weighted by atomic mass is 10.2. The van der Waals surface area contributed by atoms with E-state index in [1.54, 1.807) is 29.2 Å². The Labute approximate surface area is 210 Å². The molecule has 1 aliphatic heterocycles. The van der Waals surface area contributed by atoms with Crippen molar-refractivity contribution in [2.24, 2.45) is 0 Å². The number of ether oxygens (including phenoxy) is 3. The Morgan fingerprint density at radius 1 is 1.24 bits per heavy atom. The van der Waals surface area contributed by atoms with Gasteiger partial charge >= 0.3 is 0 Å². The summed E-state index contributed by atoms with van der Waals surface area (Å²) >= 11 is 9.42. The zero-order valence-electron chi connectivity index (χ0n) is 18.3. The maximum Gasteiger partial charge on any atom is 0.231 e. The monoisotopic (exact) mass is 512 g/mol. The molecule has 174 valence electrons. The Morgan fingerprint density at radius 2 is 2.09 bits per heavy atom. The minimum absolute atomic E-state index is 0.258. The third-order valence-electron chi connectivity index (χ3n) is 5.08. The van der Waals surface area contributed by atoms with E-state index in [9.17, 15) is 0 Å². The number of halogens is 1. The highest BCUT2D eigenvalue weighted by atomic mass is 35.5. The highest BCUT2D eigenvalue weighted by Crippen LogP contribution is 2.37. The van der Waals surface area contributed by atoms with Gasteiger partial charge in [-0.25, -0.2) is 4.98 Å². The smallest absolute Gasteiger partial charge is 0.231 e. The van der Waals surface area contributed by atoms with Crippen molar-refractivity contribution in [3.8, 4) is 27.8 Å². The topological polar surface area (TPSA) is 71.3 Å². The highest BCUT2D eigenvalue weighted by molar-refractivity contribution is 7.98. The number of thiazole rings is 1. The molecule has 1 aliphatic rings. The molecule has 0 N–H and O–H groups in total. The van der Waals surface area contributed by atoms with Crippen LogP contribution >= 0.6 is 34.7 Å². The fourth-order valence-corrected chi connectivity index (χ4v) is 5.42. The largest absolute Gasteiger partial charge is 0.481 e. The zero-order chi connectivity index (χ0) is 23.5. The Bertz CT molecular complexity index is 1320. The molecule has 2 aromatic carbocycles. The van der Waals surface area contributed by atoms with E-state index in [1.807, 2.05) is 54.0 Å². The van der Waals surface area contributed by atoms with Crippen LogP contribution in [0.4, 0.5) is 0 Å². The SMILES string of the molecule is C=CCn1c(SCc2csc(-c3ccc4c(c3)OCO4)n2)nnc1[C@@H](C)Oc1ccccc1Cl. The van der Waals surface area contributed by atoms with Crippen LogP contribution in [0.2, 0.25) is 5.02 Å². The van der Waals surface area contributed by atoms with E-state index in [-0.39, 0.29) is 12.9 Å². The number of fused-ring (bicyclic) bond motifs is 1. The second kappa shape index (κ2) is 10.1. The molecule has 0 amide bonds. The van der Waals surface area contributed by atoms with Crippen LogP contribution in [-0.4, -0.2) is 26.5 Å². The third-order valence-corrected chi connectivity index (χ3v) is 7.33. The molecule has 10 heteroatoms. The standard InChI is InChI=1S/C24H21ClN4O3S2/c1-3-10-29-22(15(2)32-19-7-5-4-6-18(19)25)27-28-24(29)34-13-17-12-33-23(26-17)16-8-9-20-21(11-16)31-14-30-20/h3-9,11-12,15H,1,10,13-14H2,2H3/t15-/m1/s1. The third kappa shape index (κ3) is 4.77. The number of thioether (sulfide) groups is 1. The normalized spacial score (nSPS) is 13.1. The van der Waals surface area contributed by atoms with Crippen molar-refractivity contribution in [2.45, 2.75) is 30.5 Å². The number of benzene rings is 2. The minimum atomic E-state index is -0.335. The van der Waals surface area contributed by atoms with E-state index in [1.165, 1.54) is 0 Å². The molecule has 34 heavy (non-hydrogen) atoms. The quantitative estimate of drug-likeness (QED) is 0.190. The van der Waals surface area contributed by atoms with Crippen LogP contribution in [0, 0.1) is 0 Å². The summed E-state index contributed by atoms with van der Waals surface area (Å²) in [7, 11) is 0. The van der Waals surface area contributed by atoms with Crippen LogP contribution < -0.4 is 14.2 Å². The summed E-state index contributed by atoms with van der Waals surface area (Å²) in [5.74, 6) is 3.50. The first kappa shape index (κ1) is 22.8. The molecule has 0 saturated heterocycles. The van der Waals surface area contributed by atoms with Crippen LogP contribution in [0.25, 0.3) is 10.6 Å². The maximum absolute atomic E-state index is 6.25. The van der Waals surface area contributed by atoms with Gasteiger partial charge in [0.25, 0.3) is 0 Å². The van der Waals surface area contributed by atoms with Gasteiger partial charge in [0.1, 0.15) is 10.8 Å². The van der Waals surface area contributed by atoms with Crippen LogP contribution in [0.5, 0.6) is 17.2 Å². The summed E-state index contributed by atoms with van der Waals surface area (Å²) in [6.45, 7) is 6.64. The summed E-state index contributed by atoms with van der Waals surface area (Å²) in [6.07, 6.45) is 1.48. The van der Waals surface area contributed by atoms with E-state index in [2.05, 4.69) is 22.2 Å². The number of allylic oxidation sites excluding steroid dienone is 1. The van der Waals surface area contributed by atoms with Gasteiger partial charge < -0.3 is 14.2 Å². The van der Waals surface area contributed by atoms with Gasteiger partial charge in [-0.15, -0.1) is 28.1 Å². The lowest BCUT2D eigenvalue weighted by Gasteiger charge is -2.16. The number of para-hydroxylation sites is 1. The van der Waals surface area contributed by atoms with E-state index in [0.717, 1.165) is 32.9 Å².